The molecule has 3 aromatic rings. The predicted octanol–water partition coefficient (Wildman–Crippen LogP) is 2.90. The first-order valence-corrected chi connectivity index (χ1v) is 9.20. The van der Waals surface area contributed by atoms with Gasteiger partial charge in [-0.3, -0.25) is 9.59 Å². The first-order chi connectivity index (χ1) is 12.2. The van der Waals surface area contributed by atoms with Gasteiger partial charge in [0.05, 0.1) is 10.3 Å². The molecule has 0 saturated heterocycles. The number of carbonyl (C=O) groups excluding carboxylic acids is 1. The third-order valence-corrected chi connectivity index (χ3v) is 5.46. The minimum absolute atomic E-state index is 0.143. The quantitative estimate of drug-likeness (QED) is 0.781. The number of fused-ring (bicyclic) bond motifs is 1. The van der Waals surface area contributed by atoms with E-state index in [1.54, 1.807) is 10.8 Å². The Hall–Kier alpha value is -2.54. The van der Waals surface area contributed by atoms with Crippen molar-refractivity contribution in [1.29, 1.82) is 0 Å². The lowest BCUT2D eigenvalue weighted by Gasteiger charge is -2.15. The molecule has 25 heavy (non-hydrogen) atoms. The number of carbonyl (C=O) groups is 1. The summed E-state index contributed by atoms with van der Waals surface area (Å²) in [5.74, 6) is -0.202. The Balaban J connectivity index is 1.68. The van der Waals surface area contributed by atoms with Crippen LogP contribution in [0.3, 0.4) is 0 Å². The maximum absolute atomic E-state index is 12.7. The average Bonchev–Trinajstić information content (AvgIpc) is 3.33. The van der Waals surface area contributed by atoms with Gasteiger partial charge < -0.3 is 9.88 Å². The Labute approximate surface area is 148 Å². The summed E-state index contributed by atoms with van der Waals surface area (Å²) in [6.07, 6.45) is 5.85. The Bertz CT molecular complexity index is 958. The van der Waals surface area contributed by atoms with Gasteiger partial charge >= 0.3 is 0 Å². The van der Waals surface area contributed by atoms with Gasteiger partial charge in [0.25, 0.3) is 11.5 Å². The van der Waals surface area contributed by atoms with Gasteiger partial charge in [-0.15, -0.1) is 5.10 Å². The van der Waals surface area contributed by atoms with Crippen LogP contribution in [0.2, 0.25) is 0 Å². The second kappa shape index (κ2) is 6.76. The van der Waals surface area contributed by atoms with Crippen LogP contribution in [0.1, 0.15) is 47.6 Å². The summed E-state index contributed by atoms with van der Waals surface area (Å²) in [4.78, 5) is 25.4. The Morgan fingerprint density at radius 3 is 2.76 bits per heavy atom. The van der Waals surface area contributed by atoms with Crippen molar-refractivity contribution in [3.63, 3.8) is 0 Å². The van der Waals surface area contributed by atoms with Crippen molar-refractivity contribution in [2.45, 2.75) is 38.3 Å². The van der Waals surface area contributed by atoms with E-state index in [1.165, 1.54) is 0 Å². The smallest absolute Gasteiger partial charge is 0.280 e. The lowest BCUT2D eigenvalue weighted by atomic mass is 10.2. The molecular formula is C18H18N4O2S. The van der Waals surface area contributed by atoms with Crippen molar-refractivity contribution >= 4 is 27.7 Å². The van der Waals surface area contributed by atoms with Crippen LogP contribution in [-0.4, -0.2) is 20.1 Å². The Kier molecular flexibility index (Phi) is 4.31. The molecule has 1 saturated carbocycles. The van der Waals surface area contributed by atoms with Crippen molar-refractivity contribution in [3.05, 3.63) is 58.0 Å². The maximum atomic E-state index is 12.7. The van der Waals surface area contributed by atoms with Crippen LogP contribution in [0.25, 0.3) is 10.2 Å². The van der Waals surface area contributed by atoms with Crippen LogP contribution in [0, 0.1) is 0 Å². The van der Waals surface area contributed by atoms with Gasteiger partial charge in [0, 0.05) is 18.8 Å². The Morgan fingerprint density at radius 1 is 1.24 bits per heavy atom. The molecule has 128 valence electrons. The standard InChI is InChI=1S/C18H18N4O2S/c23-17(19-10-12-6-2-1-3-7-12)14-11-22(13-8-4-5-9-13)18(24)15-16(14)25-21-20-15/h1-3,6-7,11,13H,4-5,8-10H2,(H,19,23). The van der Waals surface area contributed by atoms with Gasteiger partial charge in [-0.05, 0) is 29.9 Å². The molecule has 0 unspecified atom stereocenters. The molecule has 1 N–H and O–H groups in total. The van der Waals surface area contributed by atoms with E-state index in [4.69, 9.17) is 0 Å². The number of hydrogen-bond donors (Lipinski definition) is 1. The molecule has 2 heterocycles. The minimum atomic E-state index is -0.202. The monoisotopic (exact) mass is 354 g/mol. The molecule has 2 aromatic heterocycles. The maximum Gasteiger partial charge on any atom is 0.280 e. The third-order valence-electron chi connectivity index (χ3n) is 4.70. The van der Waals surface area contributed by atoms with E-state index in [1.807, 2.05) is 30.3 Å². The van der Waals surface area contributed by atoms with Crippen molar-refractivity contribution in [1.82, 2.24) is 19.5 Å². The zero-order valence-electron chi connectivity index (χ0n) is 13.6. The summed E-state index contributed by atoms with van der Waals surface area (Å²) in [5.41, 5.74) is 1.66. The van der Waals surface area contributed by atoms with Crippen LogP contribution in [0.4, 0.5) is 0 Å². The number of nitrogens with one attached hydrogen (secondary N) is 1. The lowest BCUT2D eigenvalue weighted by molar-refractivity contribution is 0.0952. The van der Waals surface area contributed by atoms with Gasteiger partial charge in [0.15, 0.2) is 5.52 Å². The van der Waals surface area contributed by atoms with Crippen molar-refractivity contribution in [2.24, 2.45) is 0 Å². The molecule has 1 amide bonds. The van der Waals surface area contributed by atoms with Crippen LogP contribution < -0.4 is 10.9 Å². The molecule has 0 spiro atoms. The first-order valence-electron chi connectivity index (χ1n) is 8.43. The van der Waals surface area contributed by atoms with E-state index < -0.39 is 0 Å². The zero-order valence-corrected chi connectivity index (χ0v) is 14.5. The molecule has 1 aliphatic rings. The third kappa shape index (κ3) is 3.07. The largest absolute Gasteiger partial charge is 0.348 e. The van der Waals surface area contributed by atoms with E-state index in [-0.39, 0.29) is 17.5 Å². The molecule has 0 atom stereocenters. The predicted molar refractivity (Wildman–Crippen MR) is 96.8 cm³/mol. The van der Waals surface area contributed by atoms with Crippen LogP contribution in [-0.2, 0) is 6.54 Å². The van der Waals surface area contributed by atoms with Crippen LogP contribution in [0.15, 0.2) is 41.3 Å². The highest BCUT2D eigenvalue weighted by molar-refractivity contribution is 7.13. The fourth-order valence-electron chi connectivity index (χ4n) is 3.37. The topological polar surface area (TPSA) is 76.9 Å². The van der Waals surface area contributed by atoms with E-state index in [9.17, 15) is 9.59 Å². The highest BCUT2D eigenvalue weighted by atomic mass is 32.1. The zero-order chi connectivity index (χ0) is 17.2. The highest BCUT2D eigenvalue weighted by Gasteiger charge is 2.23. The van der Waals surface area contributed by atoms with Gasteiger partial charge in [0.2, 0.25) is 0 Å². The highest BCUT2D eigenvalue weighted by Crippen LogP contribution is 2.29. The second-order valence-corrected chi connectivity index (χ2v) is 7.07. The van der Waals surface area contributed by atoms with Crippen LogP contribution >= 0.6 is 11.5 Å². The van der Waals surface area contributed by atoms with E-state index >= 15 is 0 Å². The summed E-state index contributed by atoms with van der Waals surface area (Å²) in [6.45, 7) is 0.440. The molecule has 7 heteroatoms. The second-order valence-electron chi connectivity index (χ2n) is 6.31. The number of pyridine rings is 1. The van der Waals surface area contributed by atoms with Crippen LogP contribution in [0.5, 0.6) is 0 Å². The summed E-state index contributed by atoms with van der Waals surface area (Å²) < 4.78 is 6.14. The molecule has 4 rings (SSSR count). The van der Waals surface area contributed by atoms with Gasteiger partial charge in [-0.1, -0.05) is 47.7 Å². The SMILES string of the molecule is O=C(NCc1ccccc1)c1cn(C2CCCC2)c(=O)c2nnsc12. The molecule has 0 radical (unpaired) electrons. The molecule has 6 nitrogen and oxygen atoms in total. The van der Waals surface area contributed by atoms with E-state index in [0.29, 0.717) is 22.3 Å². The minimum Gasteiger partial charge on any atom is -0.348 e. The molecular weight excluding hydrogens is 336 g/mol. The number of nitrogens with zero attached hydrogens (tertiary/aromatic N) is 3. The number of aromatic nitrogens is 3. The van der Waals surface area contributed by atoms with Crippen molar-refractivity contribution < 1.29 is 4.79 Å². The summed E-state index contributed by atoms with van der Waals surface area (Å²) >= 11 is 1.09. The molecule has 1 aromatic carbocycles. The number of amides is 1. The number of benzene rings is 1. The lowest BCUT2D eigenvalue weighted by Crippen LogP contribution is -2.28. The normalized spacial score (nSPS) is 14.9. The molecule has 1 aliphatic carbocycles. The van der Waals surface area contributed by atoms with Gasteiger partial charge in [0.1, 0.15) is 0 Å². The Morgan fingerprint density at radius 2 is 2.00 bits per heavy atom. The van der Waals surface area contributed by atoms with E-state index in [2.05, 4.69) is 14.9 Å². The van der Waals surface area contributed by atoms with Crippen molar-refractivity contribution in [2.75, 3.05) is 0 Å². The fraction of sp³-hybridized carbons (Fsp3) is 0.333. The first kappa shape index (κ1) is 16.0. The number of hydrogen-bond acceptors (Lipinski definition) is 5. The fourth-order valence-corrected chi connectivity index (χ4v) is 4.04. The summed E-state index contributed by atoms with van der Waals surface area (Å²) in [7, 11) is 0. The van der Waals surface area contributed by atoms with E-state index in [0.717, 1.165) is 42.8 Å². The molecule has 0 bridgehead atoms. The average molecular weight is 354 g/mol. The van der Waals surface area contributed by atoms with Crippen molar-refractivity contribution in [3.8, 4) is 0 Å². The molecule has 1 fully saturated rings. The van der Waals surface area contributed by atoms with Gasteiger partial charge in [-0.25, -0.2) is 0 Å². The summed E-state index contributed by atoms with van der Waals surface area (Å²) in [5, 5.41) is 6.90. The summed E-state index contributed by atoms with van der Waals surface area (Å²) in [6, 6.07) is 9.89. The van der Waals surface area contributed by atoms with Gasteiger partial charge in [-0.2, -0.15) is 0 Å². The molecule has 0 aliphatic heterocycles. The number of rotatable bonds is 4.